The van der Waals surface area contributed by atoms with Crippen molar-refractivity contribution in [1.29, 1.82) is 0 Å². The van der Waals surface area contributed by atoms with Crippen molar-refractivity contribution < 1.29 is 37.8 Å². The Kier molecular flexibility index (Phi) is 13.2. The number of aromatic nitrogens is 1. The van der Waals surface area contributed by atoms with E-state index in [1.54, 1.807) is 39.0 Å². The summed E-state index contributed by atoms with van der Waals surface area (Å²) in [7, 11) is 0. The minimum absolute atomic E-state index is 0. The van der Waals surface area contributed by atoms with Crippen LogP contribution in [-0.4, -0.2) is 76.9 Å². The standard InChI is InChI=1S/C30H39F2N5O6.ClH/c1-17(2)25(26(38)34-19(4)27(39)37-13-5-6-23(36-37)28(40)41)43-29(42)30(15-31,16-32)12-11-20-7-8-21-9-10-22(18(3)33)35-24(21)14-20;/h7-12,14,17-19,23,25,36H,5-6,13,15-16,33H2,1-4H3,(H,34,38)(H,40,41);1H/b12-11+;/t18?,19?,23-,25?;/m0./s1. The predicted octanol–water partition coefficient (Wildman–Crippen LogP) is 3.27. The average Bonchev–Trinajstić information content (AvgIpc) is 2.99. The van der Waals surface area contributed by atoms with Crippen molar-refractivity contribution in [2.24, 2.45) is 17.1 Å². The maximum Gasteiger partial charge on any atom is 0.322 e. The van der Waals surface area contributed by atoms with Crippen molar-refractivity contribution in [3.8, 4) is 0 Å². The number of esters is 1. The molecule has 2 heterocycles. The van der Waals surface area contributed by atoms with Gasteiger partial charge in [0.1, 0.15) is 30.8 Å². The van der Waals surface area contributed by atoms with Gasteiger partial charge < -0.3 is 20.9 Å². The number of hydrogen-bond acceptors (Lipinski definition) is 8. The third kappa shape index (κ3) is 8.70. The van der Waals surface area contributed by atoms with E-state index in [1.807, 2.05) is 12.1 Å². The largest absolute Gasteiger partial charge is 0.480 e. The van der Waals surface area contributed by atoms with E-state index in [0.29, 0.717) is 29.6 Å². The Balaban J connectivity index is 0.00000675. The Hall–Kier alpha value is -3.68. The van der Waals surface area contributed by atoms with Crippen molar-refractivity contribution in [3.05, 3.63) is 47.7 Å². The molecule has 2 amide bonds. The van der Waals surface area contributed by atoms with Crippen LogP contribution in [0.25, 0.3) is 17.0 Å². The number of nitrogens with two attached hydrogens (primary N) is 1. The lowest BCUT2D eigenvalue weighted by Gasteiger charge is -2.34. The summed E-state index contributed by atoms with van der Waals surface area (Å²) in [4.78, 5) is 54.9. The fraction of sp³-hybridized carbons (Fsp3) is 0.500. The molecule has 0 aliphatic carbocycles. The van der Waals surface area contributed by atoms with E-state index in [1.165, 1.54) is 13.0 Å². The molecule has 0 radical (unpaired) electrons. The average molecular weight is 640 g/mol. The molecule has 0 spiro atoms. The van der Waals surface area contributed by atoms with E-state index in [2.05, 4.69) is 15.7 Å². The normalized spacial score (nSPS) is 17.5. The van der Waals surface area contributed by atoms with E-state index in [0.717, 1.165) is 16.5 Å². The van der Waals surface area contributed by atoms with E-state index in [9.17, 15) is 33.1 Å². The number of benzene rings is 1. The zero-order valence-corrected chi connectivity index (χ0v) is 25.9. The first-order chi connectivity index (χ1) is 20.3. The Morgan fingerprint density at radius 1 is 1.18 bits per heavy atom. The monoisotopic (exact) mass is 639 g/mol. The minimum Gasteiger partial charge on any atom is -0.480 e. The van der Waals surface area contributed by atoms with E-state index in [4.69, 9.17) is 10.5 Å². The Morgan fingerprint density at radius 3 is 2.43 bits per heavy atom. The van der Waals surface area contributed by atoms with Gasteiger partial charge in [0.05, 0.1) is 11.2 Å². The van der Waals surface area contributed by atoms with Gasteiger partial charge in [-0.15, -0.1) is 12.4 Å². The quantitative estimate of drug-likeness (QED) is 0.255. The fourth-order valence-corrected chi connectivity index (χ4v) is 4.50. The molecule has 242 valence electrons. The minimum atomic E-state index is -2.31. The van der Waals surface area contributed by atoms with Gasteiger partial charge in [-0.1, -0.05) is 44.2 Å². The summed E-state index contributed by atoms with van der Waals surface area (Å²) >= 11 is 0. The number of ether oxygens (including phenoxy) is 1. The highest BCUT2D eigenvalue weighted by Gasteiger charge is 2.42. The zero-order chi connectivity index (χ0) is 31.9. The van der Waals surface area contributed by atoms with Gasteiger partial charge in [0, 0.05) is 18.0 Å². The van der Waals surface area contributed by atoms with Gasteiger partial charge in [-0.2, -0.15) is 0 Å². The molecule has 11 nitrogen and oxygen atoms in total. The highest BCUT2D eigenvalue weighted by atomic mass is 35.5. The molecule has 0 saturated carbocycles. The van der Waals surface area contributed by atoms with Crippen molar-refractivity contribution in [2.45, 2.75) is 64.8 Å². The van der Waals surface area contributed by atoms with Gasteiger partial charge in [0.15, 0.2) is 6.10 Å². The molecule has 1 aromatic carbocycles. The van der Waals surface area contributed by atoms with E-state index < -0.39 is 66.6 Å². The number of pyridine rings is 1. The fourth-order valence-electron chi connectivity index (χ4n) is 4.50. The number of carbonyl (C=O) groups excluding carboxylic acids is 3. The summed E-state index contributed by atoms with van der Waals surface area (Å²) in [6, 6.07) is 6.52. The number of rotatable bonds is 12. The van der Waals surface area contributed by atoms with E-state index in [-0.39, 0.29) is 25.0 Å². The van der Waals surface area contributed by atoms with Gasteiger partial charge in [0.2, 0.25) is 0 Å². The maximum atomic E-state index is 14.3. The highest BCUT2D eigenvalue weighted by Crippen LogP contribution is 2.27. The highest BCUT2D eigenvalue weighted by molar-refractivity contribution is 5.91. The third-order valence-electron chi connectivity index (χ3n) is 7.26. The smallest absolute Gasteiger partial charge is 0.322 e. The number of alkyl halides is 2. The molecule has 1 fully saturated rings. The number of amides is 2. The lowest BCUT2D eigenvalue weighted by molar-refractivity contribution is -0.168. The Morgan fingerprint density at radius 2 is 1.84 bits per heavy atom. The lowest BCUT2D eigenvalue weighted by atomic mass is 9.89. The summed E-state index contributed by atoms with van der Waals surface area (Å²) in [5.41, 5.74) is 8.04. The van der Waals surface area contributed by atoms with Crippen molar-refractivity contribution in [1.82, 2.24) is 20.7 Å². The molecular weight excluding hydrogens is 600 g/mol. The summed E-state index contributed by atoms with van der Waals surface area (Å²) in [6.07, 6.45) is 1.80. The first-order valence-electron chi connectivity index (χ1n) is 14.1. The van der Waals surface area contributed by atoms with E-state index >= 15 is 0 Å². The van der Waals surface area contributed by atoms with Crippen LogP contribution in [0.15, 0.2) is 36.4 Å². The van der Waals surface area contributed by atoms with Crippen molar-refractivity contribution in [3.63, 3.8) is 0 Å². The number of nitrogens with one attached hydrogen (secondary N) is 2. The number of carboxylic acids is 1. The second-order valence-electron chi connectivity index (χ2n) is 11.2. The Bertz CT molecular complexity index is 1370. The molecule has 0 bridgehead atoms. The zero-order valence-electron chi connectivity index (χ0n) is 25.1. The van der Waals surface area contributed by atoms with Crippen LogP contribution in [0.2, 0.25) is 0 Å². The molecule has 2 aromatic rings. The predicted molar refractivity (Wildman–Crippen MR) is 163 cm³/mol. The SMILES string of the molecule is CC(NC(=O)C(OC(=O)C(/C=C/c1ccc2ccc(C(C)N)nc2c1)(CF)CF)C(C)C)C(=O)N1CCC[C@@H](C(=O)O)N1.Cl. The van der Waals surface area contributed by atoms with Gasteiger partial charge in [-0.25, -0.2) is 14.2 Å². The number of carbonyl (C=O) groups is 4. The van der Waals surface area contributed by atoms with Crippen LogP contribution in [0.3, 0.4) is 0 Å². The Labute approximate surface area is 261 Å². The van der Waals surface area contributed by atoms with Crippen LogP contribution < -0.4 is 16.5 Å². The summed E-state index contributed by atoms with van der Waals surface area (Å²) < 4.78 is 34.0. The van der Waals surface area contributed by atoms with Crippen molar-refractivity contribution >= 4 is 53.1 Å². The first kappa shape index (κ1) is 36.5. The van der Waals surface area contributed by atoms with Gasteiger partial charge in [-0.05, 0) is 50.3 Å². The molecule has 1 aliphatic heterocycles. The molecule has 1 aromatic heterocycles. The van der Waals surface area contributed by atoms with Crippen LogP contribution in [0.1, 0.15) is 57.8 Å². The molecule has 1 saturated heterocycles. The van der Waals surface area contributed by atoms with Gasteiger partial charge >= 0.3 is 11.9 Å². The number of hydrogen-bond donors (Lipinski definition) is 4. The molecule has 14 heteroatoms. The topological polar surface area (TPSA) is 164 Å². The number of hydrazine groups is 1. The second-order valence-corrected chi connectivity index (χ2v) is 11.2. The van der Waals surface area contributed by atoms with Gasteiger partial charge in [-0.3, -0.25) is 29.2 Å². The molecule has 5 N–H and O–H groups in total. The molecule has 3 unspecified atom stereocenters. The van der Waals surface area contributed by atoms with Crippen LogP contribution in [0.5, 0.6) is 0 Å². The number of carboxylic acid groups (broad SMARTS) is 1. The summed E-state index contributed by atoms with van der Waals surface area (Å²) in [6.45, 7) is 3.75. The molecule has 3 rings (SSSR count). The molecule has 4 atom stereocenters. The summed E-state index contributed by atoms with van der Waals surface area (Å²) in [5, 5.41) is 13.7. The molecule has 44 heavy (non-hydrogen) atoms. The van der Waals surface area contributed by atoms with Gasteiger partial charge in [0.25, 0.3) is 11.8 Å². The van der Waals surface area contributed by atoms with Crippen LogP contribution in [-0.2, 0) is 23.9 Å². The number of fused-ring (bicyclic) bond motifs is 1. The van der Waals surface area contributed by atoms with Crippen LogP contribution in [0, 0.1) is 11.3 Å². The number of nitrogens with zero attached hydrogens (tertiary/aromatic N) is 2. The second kappa shape index (κ2) is 15.9. The number of halogens is 3. The first-order valence-corrected chi connectivity index (χ1v) is 14.1. The number of aliphatic carboxylic acids is 1. The van der Waals surface area contributed by atoms with Crippen molar-refractivity contribution in [2.75, 3.05) is 19.9 Å². The molecule has 1 aliphatic rings. The summed E-state index contributed by atoms with van der Waals surface area (Å²) in [5.74, 6) is -4.41. The maximum absolute atomic E-state index is 14.3. The van der Waals surface area contributed by atoms with Crippen LogP contribution >= 0.6 is 12.4 Å². The van der Waals surface area contributed by atoms with Crippen LogP contribution in [0.4, 0.5) is 8.78 Å². The third-order valence-corrected chi connectivity index (χ3v) is 7.26. The lowest BCUT2D eigenvalue weighted by Crippen LogP contribution is -2.60. The molecular formula is C30H40ClF2N5O6.